The Kier molecular flexibility index (Phi) is 7.81. The molecule has 2 aromatic rings. The zero-order chi connectivity index (χ0) is 19.6. The molecule has 27 heavy (non-hydrogen) atoms. The molecule has 8 heteroatoms. The first kappa shape index (κ1) is 20.4. The quantitative estimate of drug-likeness (QED) is 0.493. The average Bonchev–Trinajstić information content (AvgIpc) is 3.17. The molecule has 0 spiro atoms. The molecule has 0 unspecified atom stereocenters. The average molecular weight is 391 g/mol. The fourth-order valence-electron chi connectivity index (χ4n) is 2.16. The van der Waals surface area contributed by atoms with Crippen molar-refractivity contribution in [3.8, 4) is 11.5 Å². The summed E-state index contributed by atoms with van der Waals surface area (Å²) >= 11 is 1.62. The van der Waals surface area contributed by atoms with Crippen molar-refractivity contribution in [2.24, 2.45) is 0 Å². The molecule has 1 aromatic heterocycles. The SMILES string of the molecule is COc1cc(C(C)=O)ccc1OCC(=O)OCC(=O)NCCc1cccs1. The second kappa shape index (κ2) is 10.3. The van der Waals surface area contributed by atoms with Crippen molar-refractivity contribution in [3.63, 3.8) is 0 Å². The number of ketones is 1. The summed E-state index contributed by atoms with van der Waals surface area (Å²) in [6.45, 7) is 1.18. The fourth-order valence-corrected chi connectivity index (χ4v) is 2.87. The lowest BCUT2D eigenvalue weighted by Gasteiger charge is -2.11. The molecule has 0 saturated carbocycles. The second-order valence-corrected chi connectivity index (χ2v) is 6.58. The predicted molar refractivity (Wildman–Crippen MR) is 100 cm³/mol. The molecule has 0 aliphatic rings. The van der Waals surface area contributed by atoms with Crippen LogP contribution in [0.5, 0.6) is 11.5 Å². The van der Waals surface area contributed by atoms with Gasteiger partial charge in [0.1, 0.15) is 0 Å². The summed E-state index contributed by atoms with van der Waals surface area (Å²) in [5.74, 6) is -0.518. The number of hydrogen-bond donors (Lipinski definition) is 1. The number of benzene rings is 1. The van der Waals surface area contributed by atoms with Crippen LogP contribution in [0.2, 0.25) is 0 Å². The predicted octanol–water partition coefficient (Wildman–Crippen LogP) is 2.24. The minimum atomic E-state index is -0.680. The Labute approximate surface area is 161 Å². The van der Waals surface area contributed by atoms with Crippen LogP contribution in [0.4, 0.5) is 0 Å². The van der Waals surface area contributed by atoms with Gasteiger partial charge in [0.25, 0.3) is 5.91 Å². The summed E-state index contributed by atoms with van der Waals surface area (Å²) < 4.78 is 15.4. The molecule has 7 nitrogen and oxygen atoms in total. The Morgan fingerprint density at radius 1 is 1.11 bits per heavy atom. The summed E-state index contributed by atoms with van der Waals surface area (Å²) in [6, 6.07) is 8.59. The molecule has 0 aliphatic carbocycles. The Hall–Kier alpha value is -2.87. The zero-order valence-corrected chi connectivity index (χ0v) is 16.0. The molecule has 144 valence electrons. The van der Waals surface area contributed by atoms with Crippen molar-refractivity contribution in [2.45, 2.75) is 13.3 Å². The molecular formula is C19H21NO6S. The Morgan fingerprint density at radius 2 is 1.93 bits per heavy atom. The molecule has 1 aromatic carbocycles. The van der Waals surface area contributed by atoms with Crippen LogP contribution in [0.15, 0.2) is 35.7 Å². The van der Waals surface area contributed by atoms with Gasteiger partial charge < -0.3 is 19.5 Å². The van der Waals surface area contributed by atoms with Crippen molar-refractivity contribution in [1.82, 2.24) is 5.32 Å². The Morgan fingerprint density at radius 3 is 2.59 bits per heavy atom. The van der Waals surface area contributed by atoms with E-state index >= 15 is 0 Å². The van der Waals surface area contributed by atoms with Crippen LogP contribution < -0.4 is 14.8 Å². The maximum atomic E-state index is 11.7. The third kappa shape index (κ3) is 6.74. The molecule has 0 fully saturated rings. The van der Waals surface area contributed by atoms with Crippen LogP contribution in [-0.4, -0.2) is 44.5 Å². The maximum Gasteiger partial charge on any atom is 0.344 e. The largest absolute Gasteiger partial charge is 0.493 e. The molecular weight excluding hydrogens is 370 g/mol. The Balaban J connectivity index is 1.71. The first-order chi connectivity index (χ1) is 13.0. The highest BCUT2D eigenvalue weighted by atomic mass is 32.1. The van der Waals surface area contributed by atoms with Crippen molar-refractivity contribution >= 4 is 29.0 Å². The van der Waals surface area contributed by atoms with Gasteiger partial charge in [-0.2, -0.15) is 0 Å². The van der Waals surface area contributed by atoms with E-state index < -0.39 is 5.97 Å². The number of carbonyl (C=O) groups is 3. The van der Waals surface area contributed by atoms with Crippen LogP contribution in [0.3, 0.4) is 0 Å². The van der Waals surface area contributed by atoms with E-state index in [1.165, 1.54) is 25.0 Å². The Bertz CT molecular complexity index is 788. The van der Waals surface area contributed by atoms with Gasteiger partial charge >= 0.3 is 5.97 Å². The minimum Gasteiger partial charge on any atom is -0.493 e. The molecule has 2 rings (SSSR count). The second-order valence-electron chi connectivity index (χ2n) is 5.55. The standard InChI is InChI=1S/C19H21NO6S/c1-13(21)14-5-6-16(17(10-14)24-2)25-12-19(23)26-11-18(22)20-8-7-15-4-3-9-27-15/h3-6,9-10H,7-8,11-12H2,1-2H3,(H,20,22). The van der Waals surface area contributed by atoms with E-state index in [1.807, 2.05) is 17.5 Å². The lowest BCUT2D eigenvalue weighted by Crippen LogP contribution is -2.31. The number of esters is 1. The molecule has 0 bridgehead atoms. The van der Waals surface area contributed by atoms with Crippen LogP contribution >= 0.6 is 11.3 Å². The maximum absolute atomic E-state index is 11.7. The molecule has 0 aliphatic heterocycles. The first-order valence-electron chi connectivity index (χ1n) is 8.26. The number of ether oxygens (including phenoxy) is 3. The highest BCUT2D eigenvalue weighted by Gasteiger charge is 2.12. The number of amides is 1. The number of Topliss-reactive ketones (excluding diaryl/α,β-unsaturated/α-hetero) is 1. The topological polar surface area (TPSA) is 90.9 Å². The molecule has 0 radical (unpaired) electrons. The molecule has 0 saturated heterocycles. The van der Waals surface area contributed by atoms with E-state index in [-0.39, 0.29) is 24.9 Å². The van der Waals surface area contributed by atoms with Crippen LogP contribution in [0.1, 0.15) is 22.2 Å². The van der Waals surface area contributed by atoms with Gasteiger partial charge in [0, 0.05) is 17.0 Å². The van der Waals surface area contributed by atoms with E-state index in [0.717, 1.165) is 6.42 Å². The van der Waals surface area contributed by atoms with Crippen LogP contribution in [0, 0.1) is 0 Å². The summed E-state index contributed by atoms with van der Waals surface area (Å²) in [6.07, 6.45) is 0.733. The highest BCUT2D eigenvalue weighted by molar-refractivity contribution is 7.09. The van der Waals surface area contributed by atoms with Gasteiger partial charge in [-0.05, 0) is 43.0 Å². The van der Waals surface area contributed by atoms with Gasteiger partial charge in [0.2, 0.25) is 0 Å². The van der Waals surface area contributed by atoms with Gasteiger partial charge in [0.15, 0.2) is 30.5 Å². The van der Waals surface area contributed by atoms with E-state index in [2.05, 4.69) is 5.32 Å². The lowest BCUT2D eigenvalue weighted by molar-refractivity contribution is -0.150. The number of rotatable bonds is 10. The number of carbonyl (C=O) groups excluding carboxylic acids is 3. The normalized spacial score (nSPS) is 10.1. The molecule has 1 heterocycles. The smallest absolute Gasteiger partial charge is 0.344 e. The van der Waals surface area contributed by atoms with Gasteiger partial charge in [-0.15, -0.1) is 11.3 Å². The van der Waals surface area contributed by atoms with Crippen molar-refractivity contribution in [1.29, 1.82) is 0 Å². The van der Waals surface area contributed by atoms with Gasteiger partial charge in [-0.1, -0.05) is 6.07 Å². The summed E-state index contributed by atoms with van der Waals surface area (Å²) in [4.78, 5) is 36.0. The van der Waals surface area contributed by atoms with Crippen molar-refractivity contribution in [3.05, 3.63) is 46.2 Å². The number of nitrogens with one attached hydrogen (secondary N) is 1. The van der Waals surface area contributed by atoms with Crippen molar-refractivity contribution < 1.29 is 28.6 Å². The first-order valence-corrected chi connectivity index (χ1v) is 9.14. The van der Waals surface area contributed by atoms with Gasteiger partial charge in [0.05, 0.1) is 7.11 Å². The summed E-state index contributed by atoms with van der Waals surface area (Å²) in [7, 11) is 1.44. The zero-order valence-electron chi connectivity index (χ0n) is 15.2. The monoisotopic (exact) mass is 391 g/mol. The van der Waals surface area contributed by atoms with Crippen molar-refractivity contribution in [2.75, 3.05) is 26.9 Å². The minimum absolute atomic E-state index is 0.107. The van der Waals surface area contributed by atoms with E-state index in [0.29, 0.717) is 23.6 Å². The third-order valence-corrected chi connectivity index (χ3v) is 4.49. The van der Waals surface area contributed by atoms with E-state index in [9.17, 15) is 14.4 Å². The molecule has 1 N–H and O–H groups in total. The number of thiophene rings is 1. The third-order valence-electron chi connectivity index (χ3n) is 3.55. The van der Waals surface area contributed by atoms with Crippen LogP contribution in [-0.2, 0) is 20.7 Å². The molecule has 1 amide bonds. The number of hydrogen-bond acceptors (Lipinski definition) is 7. The highest BCUT2D eigenvalue weighted by Crippen LogP contribution is 2.28. The van der Waals surface area contributed by atoms with E-state index in [4.69, 9.17) is 14.2 Å². The van der Waals surface area contributed by atoms with E-state index in [1.54, 1.807) is 23.5 Å². The summed E-state index contributed by atoms with van der Waals surface area (Å²) in [5, 5.41) is 4.66. The number of methoxy groups -OCH3 is 1. The van der Waals surface area contributed by atoms with Gasteiger partial charge in [-0.25, -0.2) is 4.79 Å². The van der Waals surface area contributed by atoms with Gasteiger partial charge in [-0.3, -0.25) is 9.59 Å². The fraction of sp³-hybridized carbons (Fsp3) is 0.316. The lowest BCUT2D eigenvalue weighted by atomic mass is 10.1. The summed E-state index contributed by atoms with van der Waals surface area (Å²) in [5.41, 5.74) is 0.473. The molecule has 0 atom stereocenters. The van der Waals surface area contributed by atoms with Crippen LogP contribution in [0.25, 0.3) is 0 Å².